The van der Waals surface area contributed by atoms with Crippen molar-refractivity contribution >= 4 is 10.0 Å². The van der Waals surface area contributed by atoms with Crippen LogP contribution >= 0.6 is 0 Å². The van der Waals surface area contributed by atoms with Gasteiger partial charge in [0.1, 0.15) is 6.61 Å². The third-order valence-corrected chi connectivity index (χ3v) is 4.95. The van der Waals surface area contributed by atoms with Crippen molar-refractivity contribution in [3.8, 4) is 11.5 Å². The summed E-state index contributed by atoms with van der Waals surface area (Å²) in [5.41, 5.74) is 0.772. The van der Waals surface area contributed by atoms with E-state index in [1.165, 1.54) is 18.4 Å². The van der Waals surface area contributed by atoms with Gasteiger partial charge in [-0.15, -0.1) is 0 Å². The quantitative estimate of drug-likeness (QED) is 0.820. The number of hydrogen-bond donors (Lipinski definition) is 0. The van der Waals surface area contributed by atoms with Gasteiger partial charge in [0.15, 0.2) is 11.5 Å². The summed E-state index contributed by atoms with van der Waals surface area (Å²) >= 11 is 0. The van der Waals surface area contributed by atoms with Gasteiger partial charge in [-0.3, -0.25) is 0 Å². The van der Waals surface area contributed by atoms with Crippen molar-refractivity contribution < 1.29 is 17.9 Å². The second kappa shape index (κ2) is 6.81. The van der Waals surface area contributed by atoms with E-state index in [1.807, 2.05) is 24.3 Å². The van der Waals surface area contributed by atoms with Gasteiger partial charge in [-0.2, -0.15) is 0 Å². The number of para-hydroxylation sites is 2. The fourth-order valence-electron chi connectivity index (χ4n) is 1.91. The van der Waals surface area contributed by atoms with Gasteiger partial charge in [0.2, 0.25) is 10.0 Å². The molecule has 0 atom stereocenters. The van der Waals surface area contributed by atoms with Crippen LogP contribution in [0.1, 0.15) is 5.56 Å². The van der Waals surface area contributed by atoms with E-state index in [-0.39, 0.29) is 11.5 Å². The van der Waals surface area contributed by atoms with Crippen LogP contribution in [0.4, 0.5) is 0 Å². The molecule has 0 bridgehead atoms. The predicted molar refractivity (Wildman–Crippen MR) is 84.6 cm³/mol. The maximum atomic E-state index is 12.1. The summed E-state index contributed by atoms with van der Waals surface area (Å²) in [6, 6.07) is 14.0. The first-order valence-corrected chi connectivity index (χ1v) is 8.16. The van der Waals surface area contributed by atoms with E-state index < -0.39 is 10.0 Å². The summed E-state index contributed by atoms with van der Waals surface area (Å²) in [4.78, 5) is 0.249. The topological polar surface area (TPSA) is 55.8 Å². The Morgan fingerprint density at radius 3 is 2.32 bits per heavy atom. The summed E-state index contributed by atoms with van der Waals surface area (Å²) in [5.74, 6) is 1.26. The van der Waals surface area contributed by atoms with E-state index in [2.05, 4.69) is 0 Å². The van der Waals surface area contributed by atoms with E-state index in [0.29, 0.717) is 11.5 Å². The Morgan fingerprint density at radius 1 is 1.00 bits per heavy atom. The third-order valence-electron chi connectivity index (χ3n) is 3.14. The molecule has 0 aromatic heterocycles. The van der Waals surface area contributed by atoms with Crippen LogP contribution in [0.15, 0.2) is 53.4 Å². The molecule has 2 rings (SSSR count). The van der Waals surface area contributed by atoms with Crippen molar-refractivity contribution in [2.24, 2.45) is 0 Å². The highest BCUT2D eigenvalue weighted by atomic mass is 32.2. The minimum Gasteiger partial charge on any atom is -0.493 e. The molecule has 6 heteroatoms. The van der Waals surface area contributed by atoms with Gasteiger partial charge in [0.05, 0.1) is 12.0 Å². The van der Waals surface area contributed by atoms with Crippen LogP contribution in [0.25, 0.3) is 0 Å². The highest BCUT2D eigenvalue weighted by Crippen LogP contribution is 2.27. The second-order valence-corrected chi connectivity index (χ2v) is 7.03. The molecule has 2 aromatic rings. The number of nitrogens with zero attached hydrogens (tertiary/aromatic N) is 1. The molecule has 22 heavy (non-hydrogen) atoms. The molecule has 0 heterocycles. The summed E-state index contributed by atoms with van der Waals surface area (Å²) in [5, 5.41) is 0. The van der Waals surface area contributed by atoms with Crippen LogP contribution in [0.3, 0.4) is 0 Å². The first kappa shape index (κ1) is 16.3. The Balaban J connectivity index is 2.18. The molecule has 0 aliphatic rings. The molecule has 0 spiro atoms. The van der Waals surface area contributed by atoms with Crippen LogP contribution in [-0.4, -0.2) is 33.9 Å². The molecule has 0 aliphatic carbocycles. The number of rotatable bonds is 6. The fraction of sp³-hybridized carbons (Fsp3) is 0.250. The number of sulfonamides is 1. The highest BCUT2D eigenvalue weighted by Gasteiger charge is 2.17. The van der Waals surface area contributed by atoms with Crippen LogP contribution in [0, 0.1) is 0 Å². The molecule has 118 valence electrons. The monoisotopic (exact) mass is 321 g/mol. The molecule has 0 amide bonds. The molecule has 0 radical (unpaired) electrons. The Morgan fingerprint density at radius 2 is 1.68 bits per heavy atom. The maximum Gasteiger partial charge on any atom is 0.242 e. The van der Waals surface area contributed by atoms with Crippen molar-refractivity contribution in [3.05, 3.63) is 54.1 Å². The molecule has 0 N–H and O–H groups in total. The SMILES string of the molecule is COc1ccccc1OCc1cccc(S(=O)(=O)N(C)C)c1. The van der Waals surface area contributed by atoms with E-state index in [4.69, 9.17) is 9.47 Å². The Kier molecular flexibility index (Phi) is 5.05. The van der Waals surface area contributed by atoms with Gasteiger partial charge >= 0.3 is 0 Å². The standard InChI is InChI=1S/C16H19NO4S/c1-17(2)22(18,19)14-8-6-7-13(11-14)12-21-16-10-5-4-9-15(16)20-3/h4-11H,12H2,1-3H3. The van der Waals surface area contributed by atoms with Gasteiger partial charge in [0, 0.05) is 14.1 Å². The lowest BCUT2D eigenvalue weighted by atomic mass is 10.2. The van der Waals surface area contributed by atoms with Crippen molar-refractivity contribution in [2.45, 2.75) is 11.5 Å². The van der Waals surface area contributed by atoms with Gasteiger partial charge in [0.25, 0.3) is 0 Å². The lowest BCUT2D eigenvalue weighted by molar-refractivity contribution is 0.284. The first-order chi connectivity index (χ1) is 10.4. The van der Waals surface area contributed by atoms with Crippen LogP contribution in [-0.2, 0) is 16.6 Å². The van der Waals surface area contributed by atoms with Crippen LogP contribution in [0.2, 0.25) is 0 Å². The minimum absolute atomic E-state index is 0.249. The average molecular weight is 321 g/mol. The summed E-state index contributed by atoms with van der Waals surface area (Å²) in [6.45, 7) is 0.261. The lowest BCUT2D eigenvalue weighted by Crippen LogP contribution is -2.22. The Bertz CT molecular complexity index is 741. The van der Waals surface area contributed by atoms with E-state index >= 15 is 0 Å². The van der Waals surface area contributed by atoms with Crippen molar-refractivity contribution in [3.63, 3.8) is 0 Å². The minimum atomic E-state index is -3.44. The largest absolute Gasteiger partial charge is 0.493 e. The zero-order chi connectivity index (χ0) is 16.2. The molecule has 0 saturated heterocycles. The molecule has 0 fully saturated rings. The van der Waals surface area contributed by atoms with Crippen LogP contribution in [0.5, 0.6) is 11.5 Å². The average Bonchev–Trinajstić information content (AvgIpc) is 2.53. The highest BCUT2D eigenvalue weighted by molar-refractivity contribution is 7.89. The second-order valence-electron chi connectivity index (χ2n) is 4.87. The van der Waals surface area contributed by atoms with Crippen molar-refractivity contribution in [1.82, 2.24) is 4.31 Å². The van der Waals surface area contributed by atoms with Crippen LogP contribution < -0.4 is 9.47 Å². The number of methoxy groups -OCH3 is 1. The fourth-order valence-corrected chi connectivity index (χ4v) is 2.88. The van der Waals surface area contributed by atoms with Gasteiger partial charge in [-0.05, 0) is 29.8 Å². The summed E-state index contributed by atoms with van der Waals surface area (Å²) in [7, 11) is 1.15. The van der Waals surface area contributed by atoms with Gasteiger partial charge < -0.3 is 9.47 Å². The molecular formula is C16H19NO4S. The van der Waals surface area contributed by atoms with E-state index in [1.54, 1.807) is 31.4 Å². The molecule has 2 aromatic carbocycles. The predicted octanol–water partition coefficient (Wildman–Crippen LogP) is 2.52. The summed E-state index contributed by atoms with van der Waals surface area (Å²) < 4.78 is 36.4. The Hall–Kier alpha value is -2.05. The van der Waals surface area contributed by atoms with Crippen molar-refractivity contribution in [1.29, 1.82) is 0 Å². The smallest absolute Gasteiger partial charge is 0.242 e. The van der Waals surface area contributed by atoms with E-state index in [0.717, 1.165) is 5.56 Å². The molecule has 5 nitrogen and oxygen atoms in total. The number of hydrogen-bond acceptors (Lipinski definition) is 4. The zero-order valence-corrected chi connectivity index (χ0v) is 13.6. The Labute approximate surface area is 131 Å². The first-order valence-electron chi connectivity index (χ1n) is 6.72. The van der Waals surface area contributed by atoms with Gasteiger partial charge in [-0.1, -0.05) is 24.3 Å². The van der Waals surface area contributed by atoms with Crippen molar-refractivity contribution in [2.75, 3.05) is 21.2 Å². The molecule has 0 saturated carbocycles. The lowest BCUT2D eigenvalue weighted by Gasteiger charge is -2.13. The normalized spacial score (nSPS) is 11.5. The molecule has 0 aliphatic heterocycles. The molecular weight excluding hydrogens is 302 g/mol. The molecule has 0 unspecified atom stereocenters. The summed E-state index contributed by atoms with van der Waals surface area (Å²) in [6.07, 6.45) is 0. The van der Waals surface area contributed by atoms with Gasteiger partial charge in [-0.25, -0.2) is 12.7 Å². The number of benzene rings is 2. The third kappa shape index (κ3) is 3.58. The van der Waals surface area contributed by atoms with E-state index in [9.17, 15) is 8.42 Å². The maximum absolute atomic E-state index is 12.1. The number of ether oxygens (including phenoxy) is 2. The zero-order valence-electron chi connectivity index (χ0n) is 12.8.